The number of nitrogens with zero attached hydrogens (tertiary/aromatic N) is 1. The first-order valence-electron chi connectivity index (χ1n) is 5.79. The molecular formula is C13H16BrN3O. The first-order chi connectivity index (χ1) is 8.81. The number of hydrogen-bond acceptors (Lipinski definition) is 3. The third-order valence-electron chi connectivity index (χ3n) is 2.57. The number of halogens is 1. The molecule has 0 fully saturated rings. The lowest BCUT2D eigenvalue weighted by atomic mass is 10.2. The lowest BCUT2D eigenvalue weighted by Crippen LogP contribution is -2.19. The SMILES string of the molecule is COCCNCc1ncc(-c2ccccc2Br)[nH]1. The monoisotopic (exact) mass is 309 g/mol. The van der Waals surface area contributed by atoms with Crippen LogP contribution in [0.25, 0.3) is 11.3 Å². The van der Waals surface area contributed by atoms with E-state index in [1.165, 1.54) is 0 Å². The molecule has 0 saturated carbocycles. The number of H-pyrrole nitrogens is 1. The number of rotatable bonds is 6. The third kappa shape index (κ3) is 3.41. The average molecular weight is 310 g/mol. The number of aromatic amines is 1. The standard InChI is InChI=1S/C13H16BrN3O/c1-18-7-6-15-9-13-16-8-12(17-13)10-4-2-3-5-11(10)14/h2-5,8,15H,6-7,9H2,1H3,(H,16,17). The van der Waals surface area contributed by atoms with Gasteiger partial charge in [0.05, 0.1) is 25.0 Å². The number of aromatic nitrogens is 2. The maximum Gasteiger partial charge on any atom is 0.120 e. The van der Waals surface area contributed by atoms with Crippen molar-refractivity contribution in [3.8, 4) is 11.3 Å². The zero-order chi connectivity index (χ0) is 12.8. The predicted molar refractivity (Wildman–Crippen MR) is 75.3 cm³/mol. The molecule has 4 nitrogen and oxygen atoms in total. The first kappa shape index (κ1) is 13.3. The van der Waals surface area contributed by atoms with Crippen molar-refractivity contribution in [2.75, 3.05) is 20.3 Å². The Morgan fingerprint density at radius 3 is 3.00 bits per heavy atom. The summed E-state index contributed by atoms with van der Waals surface area (Å²) in [5, 5.41) is 3.25. The van der Waals surface area contributed by atoms with Crippen molar-refractivity contribution in [2.24, 2.45) is 0 Å². The van der Waals surface area contributed by atoms with Crippen LogP contribution in [-0.4, -0.2) is 30.2 Å². The van der Waals surface area contributed by atoms with Crippen molar-refractivity contribution < 1.29 is 4.74 Å². The molecular weight excluding hydrogens is 294 g/mol. The van der Waals surface area contributed by atoms with Crippen molar-refractivity contribution in [3.63, 3.8) is 0 Å². The van der Waals surface area contributed by atoms with Crippen LogP contribution in [0.4, 0.5) is 0 Å². The van der Waals surface area contributed by atoms with Crippen molar-refractivity contribution in [1.29, 1.82) is 0 Å². The van der Waals surface area contributed by atoms with E-state index in [1.54, 1.807) is 7.11 Å². The maximum atomic E-state index is 4.97. The van der Waals surface area contributed by atoms with Crippen LogP contribution in [0.15, 0.2) is 34.9 Å². The lowest BCUT2D eigenvalue weighted by molar-refractivity contribution is 0.199. The number of ether oxygens (including phenoxy) is 1. The van der Waals surface area contributed by atoms with Crippen LogP contribution in [0, 0.1) is 0 Å². The number of methoxy groups -OCH3 is 1. The van der Waals surface area contributed by atoms with Crippen LogP contribution in [0.2, 0.25) is 0 Å². The molecule has 2 aromatic rings. The Morgan fingerprint density at radius 1 is 1.39 bits per heavy atom. The molecule has 2 N–H and O–H groups in total. The van der Waals surface area contributed by atoms with Gasteiger partial charge >= 0.3 is 0 Å². The molecule has 2 rings (SSSR count). The van der Waals surface area contributed by atoms with Crippen LogP contribution in [0.5, 0.6) is 0 Å². The van der Waals surface area contributed by atoms with Gasteiger partial charge in [0.2, 0.25) is 0 Å². The second-order valence-corrected chi connectivity index (χ2v) is 4.75. The molecule has 5 heteroatoms. The molecule has 0 aliphatic heterocycles. The van der Waals surface area contributed by atoms with Crippen molar-refractivity contribution in [2.45, 2.75) is 6.54 Å². The summed E-state index contributed by atoms with van der Waals surface area (Å²) < 4.78 is 6.03. The molecule has 0 radical (unpaired) electrons. The molecule has 18 heavy (non-hydrogen) atoms. The zero-order valence-corrected chi connectivity index (χ0v) is 11.8. The van der Waals surface area contributed by atoms with Gasteiger partial charge in [-0.3, -0.25) is 0 Å². The molecule has 96 valence electrons. The molecule has 0 bridgehead atoms. The molecule has 1 aromatic heterocycles. The fraction of sp³-hybridized carbons (Fsp3) is 0.308. The second kappa shape index (κ2) is 6.68. The van der Waals surface area contributed by atoms with E-state index >= 15 is 0 Å². The lowest BCUT2D eigenvalue weighted by Gasteiger charge is -2.02. The fourth-order valence-electron chi connectivity index (χ4n) is 1.65. The van der Waals surface area contributed by atoms with Gasteiger partial charge in [0.25, 0.3) is 0 Å². The van der Waals surface area contributed by atoms with E-state index in [0.717, 1.165) is 28.1 Å². The van der Waals surface area contributed by atoms with E-state index in [-0.39, 0.29) is 0 Å². The molecule has 0 spiro atoms. The Labute approximate surface area is 115 Å². The molecule has 0 amide bonds. The molecule has 0 unspecified atom stereocenters. The van der Waals surface area contributed by atoms with Gasteiger partial charge in [-0.2, -0.15) is 0 Å². The van der Waals surface area contributed by atoms with Gasteiger partial charge in [0, 0.05) is 23.7 Å². The third-order valence-corrected chi connectivity index (χ3v) is 3.26. The fourth-order valence-corrected chi connectivity index (χ4v) is 2.15. The van der Waals surface area contributed by atoms with Crippen molar-refractivity contribution in [3.05, 3.63) is 40.8 Å². The molecule has 0 aliphatic carbocycles. The topological polar surface area (TPSA) is 49.9 Å². The van der Waals surface area contributed by atoms with Crippen LogP contribution < -0.4 is 5.32 Å². The summed E-state index contributed by atoms with van der Waals surface area (Å²) in [5.74, 6) is 0.928. The van der Waals surface area contributed by atoms with E-state index in [2.05, 4.69) is 37.3 Å². The van der Waals surface area contributed by atoms with Gasteiger partial charge in [-0.1, -0.05) is 34.1 Å². The van der Waals surface area contributed by atoms with Crippen molar-refractivity contribution in [1.82, 2.24) is 15.3 Å². The largest absolute Gasteiger partial charge is 0.383 e. The van der Waals surface area contributed by atoms with Crippen LogP contribution in [-0.2, 0) is 11.3 Å². The first-order valence-corrected chi connectivity index (χ1v) is 6.59. The Morgan fingerprint density at radius 2 is 2.22 bits per heavy atom. The Balaban J connectivity index is 2.00. The summed E-state index contributed by atoms with van der Waals surface area (Å²) in [6, 6.07) is 8.08. The Bertz CT molecular complexity index is 498. The summed E-state index contributed by atoms with van der Waals surface area (Å²) in [7, 11) is 1.69. The predicted octanol–water partition coefficient (Wildman–Crippen LogP) is 2.58. The smallest absolute Gasteiger partial charge is 0.120 e. The quantitative estimate of drug-likeness (QED) is 0.806. The van der Waals surface area contributed by atoms with E-state index in [4.69, 9.17) is 4.74 Å². The van der Waals surface area contributed by atoms with E-state index in [1.807, 2.05) is 24.4 Å². The highest BCUT2D eigenvalue weighted by atomic mass is 79.9. The van der Waals surface area contributed by atoms with Gasteiger partial charge in [-0.25, -0.2) is 4.98 Å². The highest BCUT2D eigenvalue weighted by Crippen LogP contribution is 2.26. The molecule has 0 atom stereocenters. The minimum absolute atomic E-state index is 0.706. The summed E-state index contributed by atoms with van der Waals surface area (Å²) in [4.78, 5) is 7.65. The summed E-state index contributed by atoms with van der Waals surface area (Å²) in [6.45, 7) is 2.24. The molecule has 0 aliphatic rings. The molecule has 1 aromatic carbocycles. The maximum absolute atomic E-state index is 4.97. The van der Waals surface area contributed by atoms with Gasteiger partial charge in [0.1, 0.15) is 5.82 Å². The molecule has 1 heterocycles. The van der Waals surface area contributed by atoms with Crippen LogP contribution in [0.3, 0.4) is 0 Å². The average Bonchev–Trinajstić information content (AvgIpc) is 2.84. The summed E-state index contributed by atoms with van der Waals surface area (Å²) >= 11 is 3.54. The summed E-state index contributed by atoms with van der Waals surface area (Å²) in [5.41, 5.74) is 2.14. The van der Waals surface area contributed by atoms with Gasteiger partial charge in [0.15, 0.2) is 0 Å². The zero-order valence-electron chi connectivity index (χ0n) is 10.2. The van der Waals surface area contributed by atoms with Gasteiger partial charge in [-0.15, -0.1) is 0 Å². The minimum Gasteiger partial charge on any atom is -0.383 e. The van der Waals surface area contributed by atoms with Crippen LogP contribution >= 0.6 is 15.9 Å². The van der Waals surface area contributed by atoms with Gasteiger partial charge < -0.3 is 15.0 Å². The number of benzene rings is 1. The Hall–Kier alpha value is -1.17. The van der Waals surface area contributed by atoms with E-state index in [9.17, 15) is 0 Å². The Kier molecular flexibility index (Phi) is 4.92. The number of nitrogens with one attached hydrogen (secondary N) is 2. The van der Waals surface area contributed by atoms with E-state index in [0.29, 0.717) is 13.2 Å². The minimum atomic E-state index is 0.706. The van der Waals surface area contributed by atoms with Gasteiger partial charge in [-0.05, 0) is 6.07 Å². The summed E-state index contributed by atoms with van der Waals surface area (Å²) in [6.07, 6.45) is 1.85. The normalized spacial score (nSPS) is 10.8. The van der Waals surface area contributed by atoms with E-state index < -0.39 is 0 Å². The number of hydrogen-bond donors (Lipinski definition) is 2. The second-order valence-electron chi connectivity index (χ2n) is 3.89. The molecule has 0 saturated heterocycles. The number of imidazole rings is 1. The highest BCUT2D eigenvalue weighted by molar-refractivity contribution is 9.10. The van der Waals surface area contributed by atoms with Crippen LogP contribution in [0.1, 0.15) is 5.82 Å². The van der Waals surface area contributed by atoms with Crippen molar-refractivity contribution >= 4 is 15.9 Å². The highest BCUT2D eigenvalue weighted by Gasteiger charge is 2.05.